The number of aromatic amines is 1. The number of nitrogens with one attached hydrogen (secondary N) is 2. The molecule has 140 valence electrons. The fraction of sp³-hybridized carbons (Fsp3) is 0.333. The molecule has 0 bridgehead atoms. The second-order valence-corrected chi connectivity index (χ2v) is 5.42. The average molecular weight is 373 g/mol. The summed E-state index contributed by atoms with van der Waals surface area (Å²) in [5, 5.41) is 10.7. The van der Waals surface area contributed by atoms with Crippen LogP contribution in [0.4, 0.5) is 13.2 Å². The lowest BCUT2D eigenvalue weighted by atomic mass is 10.1. The summed E-state index contributed by atoms with van der Waals surface area (Å²) >= 11 is 0. The van der Waals surface area contributed by atoms with Crippen LogP contribution in [0.15, 0.2) is 27.8 Å². The molecule has 0 aliphatic rings. The van der Waals surface area contributed by atoms with E-state index in [4.69, 9.17) is 5.11 Å². The Kier molecular flexibility index (Phi) is 5.19. The number of fused-ring (bicyclic) bond motifs is 1. The lowest BCUT2D eigenvalue weighted by molar-refractivity contribution is -0.157. The number of hydrogen-bond acceptors (Lipinski definition) is 4. The topological polar surface area (TPSA) is 121 Å². The van der Waals surface area contributed by atoms with Gasteiger partial charge in [0.25, 0.3) is 11.5 Å². The Balaban J connectivity index is 2.37. The van der Waals surface area contributed by atoms with E-state index in [1.54, 1.807) is 12.2 Å². The highest BCUT2D eigenvalue weighted by Crippen LogP contribution is 2.22. The number of carboxylic acid groups (broad SMARTS) is 1. The second kappa shape index (κ2) is 7.02. The molecular weight excluding hydrogens is 359 g/mol. The molecule has 0 aliphatic heterocycles. The van der Waals surface area contributed by atoms with Crippen LogP contribution < -0.4 is 16.6 Å². The molecule has 0 saturated heterocycles. The fourth-order valence-corrected chi connectivity index (χ4v) is 2.36. The molecule has 0 saturated carbocycles. The largest absolute Gasteiger partial charge is 0.480 e. The van der Waals surface area contributed by atoms with Crippen LogP contribution >= 0.6 is 0 Å². The van der Waals surface area contributed by atoms with Gasteiger partial charge in [0.05, 0.1) is 17.3 Å². The molecule has 0 fully saturated rings. The van der Waals surface area contributed by atoms with Gasteiger partial charge in [-0.3, -0.25) is 14.2 Å². The molecule has 3 N–H and O–H groups in total. The molecule has 0 aliphatic carbocycles. The number of carboxylic acids is 1. The molecule has 1 aromatic carbocycles. The van der Waals surface area contributed by atoms with Crippen molar-refractivity contribution >= 4 is 22.8 Å². The standard InChI is InChI=1S/C15H14F3N3O5/c1-2-21-12(23)8-4-3-7(5-9(8)20-14(21)26)11(22)19-10(13(24)25)6-15(16,17)18/h3-5,10H,2,6H2,1H3,(H,19,22)(H,20,26)(H,24,25). The molecule has 2 aromatic rings. The monoisotopic (exact) mass is 373 g/mol. The van der Waals surface area contributed by atoms with Crippen LogP contribution in [-0.4, -0.2) is 38.8 Å². The number of rotatable bonds is 5. The summed E-state index contributed by atoms with van der Waals surface area (Å²) in [4.78, 5) is 49.3. The molecule has 26 heavy (non-hydrogen) atoms. The van der Waals surface area contributed by atoms with E-state index in [2.05, 4.69) is 4.98 Å². The third kappa shape index (κ3) is 4.10. The zero-order chi connectivity index (χ0) is 19.6. The number of nitrogens with zero attached hydrogens (tertiary/aromatic N) is 1. The van der Waals surface area contributed by atoms with Crippen LogP contribution in [0.2, 0.25) is 0 Å². The summed E-state index contributed by atoms with van der Waals surface area (Å²) in [5.41, 5.74) is -1.47. The molecular formula is C15H14F3N3O5. The minimum Gasteiger partial charge on any atom is -0.480 e. The average Bonchev–Trinajstić information content (AvgIpc) is 2.52. The van der Waals surface area contributed by atoms with Gasteiger partial charge in [-0.05, 0) is 25.1 Å². The van der Waals surface area contributed by atoms with Crippen molar-refractivity contribution in [3.63, 3.8) is 0 Å². The van der Waals surface area contributed by atoms with Crippen molar-refractivity contribution in [2.24, 2.45) is 0 Å². The van der Waals surface area contributed by atoms with Gasteiger partial charge in [0.15, 0.2) is 0 Å². The molecule has 0 spiro atoms. The minimum absolute atomic E-state index is 0.0139. The summed E-state index contributed by atoms with van der Waals surface area (Å²) in [6.45, 7) is 1.72. The lowest BCUT2D eigenvalue weighted by Crippen LogP contribution is -2.43. The molecule has 1 unspecified atom stereocenters. The molecule has 1 amide bonds. The fourth-order valence-electron chi connectivity index (χ4n) is 2.36. The number of halogens is 3. The number of benzene rings is 1. The van der Waals surface area contributed by atoms with Crippen LogP contribution in [0.3, 0.4) is 0 Å². The third-order valence-corrected chi connectivity index (χ3v) is 3.60. The highest BCUT2D eigenvalue weighted by Gasteiger charge is 2.36. The van der Waals surface area contributed by atoms with Crippen molar-refractivity contribution in [1.29, 1.82) is 0 Å². The number of amides is 1. The van der Waals surface area contributed by atoms with Gasteiger partial charge in [-0.25, -0.2) is 9.59 Å². The van der Waals surface area contributed by atoms with E-state index in [-0.39, 0.29) is 23.0 Å². The number of H-pyrrole nitrogens is 1. The van der Waals surface area contributed by atoms with Crippen molar-refractivity contribution in [2.45, 2.75) is 32.1 Å². The van der Waals surface area contributed by atoms with Crippen LogP contribution in [0.5, 0.6) is 0 Å². The molecule has 0 radical (unpaired) electrons. The Morgan fingerprint density at radius 2 is 1.96 bits per heavy atom. The first kappa shape index (κ1) is 19.2. The number of alkyl halides is 3. The zero-order valence-corrected chi connectivity index (χ0v) is 13.4. The van der Waals surface area contributed by atoms with E-state index in [1.807, 2.05) is 0 Å². The normalized spacial score (nSPS) is 12.8. The predicted molar refractivity (Wildman–Crippen MR) is 84.1 cm³/mol. The first-order valence-corrected chi connectivity index (χ1v) is 7.40. The number of aliphatic carboxylic acids is 1. The summed E-state index contributed by atoms with van der Waals surface area (Å²) in [6, 6.07) is 1.32. The van der Waals surface area contributed by atoms with Crippen molar-refractivity contribution in [1.82, 2.24) is 14.9 Å². The van der Waals surface area contributed by atoms with Gasteiger partial charge in [-0.15, -0.1) is 0 Å². The Morgan fingerprint density at radius 1 is 1.31 bits per heavy atom. The second-order valence-electron chi connectivity index (χ2n) is 5.42. The van der Waals surface area contributed by atoms with Gasteiger partial charge in [-0.1, -0.05) is 0 Å². The van der Waals surface area contributed by atoms with Gasteiger partial charge >= 0.3 is 17.8 Å². The summed E-state index contributed by atoms with van der Waals surface area (Å²) in [5.74, 6) is -2.92. The van der Waals surface area contributed by atoms with Crippen LogP contribution in [-0.2, 0) is 11.3 Å². The Hall–Kier alpha value is -3.11. The maximum atomic E-state index is 12.4. The Bertz CT molecular complexity index is 977. The minimum atomic E-state index is -4.78. The van der Waals surface area contributed by atoms with Crippen LogP contribution in [0, 0.1) is 0 Å². The highest BCUT2D eigenvalue weighted by atomic mass is 19.4. The van der Waals surface area contributed by atoms with Gasteiger partial charge in [0, 0.05) is 12.1 Å². The summed E-state index contributed by atoms with van der Waals surface area (Å²) in [7, 11) is 0. The molecule has 1 atom stereocenters. The van der Waals surface area contributed by atoms with E-state index in [0.717, 1.165) is 16.7 Å². The van der Waals surface area contributed by atoms with Gasteiger partial charge < -0.3 is 15.4 Å². The van der Waals surface area contributed by atoms with E-state index in [9.17, 15) is 32.3 Å². The lowest BCUT2D eigenvalue weighted by Gasteiger charge is -2.16. The summed E-state index contributed by atoms with van der Waals surface area (Å²) < 4.78 is 38.1. The Labute approximate surface area is 143 Å². The third-order valence-electron chi connectivity index (χ3n) is 3.60. The van der Waals surface area contributed by atoms with Crippen LogP contribution in [0.1, 0.15) is 23.7 Å². The predicted octanol–water partition coefficient (Wildman–Crippen LogP) is 0.845. The quantitative estimate of drug-likeness (QED) is 0.717. The smallest absolute Gasteiger partial charge is 0.391 e. The van der Waals surface area contributed by atoms with Gasteiger partial charge in [0.2, 0.25) is 0 Å². The van der Waals surface area contributed by atoms with E-state index >= 15 is 0 Å². The van der Waals surface area contributed by atoms with E-state index < -0.39 is 41.8 Å². The maximum Gasteiger partial charge on any atom is 0.391 e. The Morgan fingerprint density at radius 3 is 2.50 bits per heavy atom. The summed E-state index contributed by atoms with van der Waals surface area (Å²) in [6.07, 6.45) is -6.52. The van der Waals surface area contributed by atoms with Crippen molar-refractivity contribution < 1.29 is 27.9 Å². The van der Waals surface area contributed by atoms with Crippen LogP contribution in [0.25, 0.3) is 10.9 Å². The van der Waals surface area contributed by atoms with E-state index in [1.165, 1.54) is 6.07 Å². The molecule has 11 heteroatoms. The SMILES string of the molecule is CCn1c(=O)[nH]c2cc(C(=O)NC(CC(F)(F)F)C(=O)O)ccc2c1=O. The molecule has 1 heterocycles. The van der Waals surface area contributed by atoms with Gasteiger partial charge in [0.1, 0.15) is 6.04 Å². The number of hydrogen-bond donors (Lipinski definition) is 3. The van der Waals surface area contributed by atoms with Crippen molar-refractivity contribution in [2.75, 3.05) is 0 Å². The molecule has 2 rings (SSSR count). The first-order valence-electron chi connectivity index (χ1n) is 7.40. The van der Waals surface area contributed by atoms with Gasteiger partial charge in [-0.2, -0.15) is 13.2 Å². The first-order chi connectivity index (χ1) is 12.0. The van der Waals surface area contributed by atoms with E-state index in [0.29, 0.717) is 0 Å². The zero-order valence-electron chi connectivity index (χ0n) is 13.4. The number of carbonyl (C=O) groups is 2. The molecule has 1 aromatic heterocycles. The number of carbonyl (C=O) groups excluding carboxylic acids is 1. The highest BCUT2D eigenvalue weighted by molar-refractivity contribution is 5.99. The maximum absolute atomic E-state index is 12.4. The van der Waals surface area contributed by atoms with Crippen molar-refractivity contribution in [3.8, 4) is 0 Å². The number of aromatic nitrogens is 2. The molecule has 8 nitrogen and oxygen atoms in total. The van der Waals surface area contributed by atoms with Crippen molar-refractivity contribution in [3.05, 3.63) is 44.6 Å².